The number of aliphatic imine (C=N–C) groups is 1. The van der Waals surface area contributed by atoms with Crippen LogP contribution in [0.1, 0.15) is 11.1 Å². The zero-order valence-electron chi connectivity index (χ0n) is 15.4. The summed E-state index contributed by atoms with van der Waals surface area (Å²) in [5, 5.41) is 6.16. The maximum absolute atomic E-state index is 13.2. The summed E-state index contributed by atoms with van der Waals surface area (Å²) in [6, 6.07) is 13.1. The van der Waals surface area contributed by atoms with Crippen LogP contribution in [0.4, 0.5) is 4.39 Å². The molecule has 0 saturated carbocycles. The van der Waals surface area contributed by atoms with E-state index in [0.717, 1.165) is 5.56 Å². The zero-order chi connectivity index (χ0) is 19.2. The summed E-state index contributed by atoms with van der Waals surface area (Å²) in [4.78, 5) is 4.36. The molecule has 0 spiro atoms. The summed E-state index contributed by atoms with van der Waals surface area (Å²) in [5.41, 5.74) is 1.42. The van der Waals surface area contributed by atoms with Gasteiger partial charge < -0.3 is 10.6 Å². The molecule has 0 aliphatic carbocycles. The molecule has 0 unspecified atom stereocenters. The average molecular weight is 506 g/mol. The molecule has 2 aromatic carbocycles. The molecule has 2 aromatic rings. The van der Waals surface area contributed by atoms with Crippen LogP contribution >= 0.6 is 24.0 Å². The van der Waals surface area contributed by atoms with Crippen molar-refractivity contribution in [3.05, 3.63) is 65.5 Å². The van der Waals surface area contributed by atoms with E-state index < -0.39 is 10.0 Å². The van der Waals surface area contributed by atoms with Gasteiger partial charge in [-0.3, -0.25) is 4.99 Å². The highest BCUT2D eigenvalue weighted by Crippen LogP contribution is 2.18. The van der Waals surface area contributed by atoms with E-state index in [-0.39, 0.29) is 41.2 Å². The number of halogens is 2. The molecular formula is C18H24FIN4O2S. The Morgan fingerprint density at radius 2 is 1.74 bits per heavy atom. The molecule has 0 amide bonds. The number of rotatable bonds is 6. The van der Waals surface area contributed by atoms with Crippen LogP contribution in [0.5, 0.6) is 0 Å². The minimum atomic E-state index is -3.53. The monoisotopic (exact) mass is 506 g/mol. The van der Waals surface area contributed by atoms with E-state index in [1.807, 2.05) is 6.07 Å². The number of sulfonamides is 1. The highest BCUT2D eigenvalue weighted by atomic mass is 127. The van der Waals surface area contributed by atoms with Crippen molar-refractivity contribution in [2.75, 3.05) is 21.1 Å². The molecule has 0 saturated heterocycles. The molecule has 0 aliphatic rings. The van der Waals surface area contributed by atoms with Crippen molar-refractivity contribution in [2.24, 2.45) is 4.99 Å². The van der Waals surface area contributed by atoms with Crippen molar-refractivity contribution in [1.82, 2.24) is 14.9 Å². The van der Waals surface area contributed by atoms with Crippen LogP contribution in [0.2, 0.25) is 0 Å². The Hall–Kier alpha value is -1.72. The molecule has 2 rings (SSSR count). The fourth-order valence-electron chi connectivity index (χ4n) is 2.33. The fourth-order valence-corrected chi connectivity index (χ4v) is 3.45. The molecule has 2 N–H and O–H groups in total. The van der Waals surface area contributed by atoms with E-state index >= 15 is 0 Å². The van der Waals surface area contributed by atoms with E-state index in [2.05, 4.69) is 15.6 Å². The molecule has 0 heterocycles. The molecule has 6 nitrogen and oxygen atoms in total. The standard InChI is InChI=1S/C18H23FN4O2S.HI/c1-20-18(21-12-14-7-6-9-16(19)11-14)22-13-15-8-4-5-10-17(15)26(24,25)23(2)3;/h4-11H,12-13H2,1-3H3,(H2,20,21,22);1H. The molecule has 0 aliphatic heterocycles. The van der Waals surface area contributed by atoms with Gasteiger partial charge in [-0.1, -0.05) is 30.3 Å². The van der Waals surface area contributed by atoms with E-state index in [4.69, 9.17) is 0 Å². The Kier molecular flexibility index (Phi) is 9.13. The molecule has 0 aromatic heterocycles. The zero-order valence-corrected chi connectivity index (χ0v) is 18.6. The molecule has 0 bridgehead atoms. The second kappa shape index (κ2) is 10.6. The minimum absolute atomic E-state index is 0. The lowest BCUT2D eigenvalue weighted by atomic mass is 10.2. The van der Waals surface area contributed by atoms with Crippen LogP contribution in [-0.2, 0) is 23.1 Å². The Bertz CT molecular complexity index is 888. The number of guanidine groups is 1. The number of nitrogens with one attached hydrogen (secondary N) is 2. The quantitative estimate of drug-likeness (QED) is 0.359. The highest BCUT2D eigenvalue weighted by Gasteiger charge is 2.20. The van der Waals surface area contributed by atoms with Gasteiger partial charge in [-0.05, 0) is 29.3 Å². The van der Waals surface area contributed by atoms with Gasteiger partial charge in [0, 0.05) is 34.2 Å². The van der Waals surface area contributed by atoms with Crippen LogP contribution in [0.15, 0.2) is 58.4 Å². The molecule has 0 fully saturated rings. The summed E-state index contributed by atoms with van der Waals surface area (Å²) in [7, 11) is 1.08. The van der Waals surface area contributed by atoms with Crippen molar-refractivity contribution in [3.63, 3.8) is 0 Å². The van der Waals surface area contributed by atoms with Crippen molar-refractivity contribution in [2.45, 2.75) is 18.0 Å². The summed E-state index contributed by atoms with van der Waals surface area (Å²) < 4.78 is 39.3. The molecule has 148 valence electrons. The van der Waals surface area contributed by atoms with E-state index in [0.29, 0.717) is 18.1 Å². The largest absolute Gasteiger partial charge is 0.352 e. The van der Waals surface area contributed by atoms with Gasteiger partial charge in [0.25, 0.3) is 0 Å². The third-order valence-corrected chi connectivity index (χ3v) is 5.67. The van der Waals surface area contributed by atoms with Gasteiger partial charge in [-0.25, -0.2) is 17.1 Å². The van der Waals surface area contributed by atoms with Crippen LogP contribution < -0.4 is 10.6 Å². The van der Waals surface area contributed by atoms with Crippen LogP contribution in [0.3, 0.4) is 0 Å². The first-order chi connectivity index (χ1) is 12.3. The molecule has 9 heteroatoms. The predicted molar refractivity (Wildman–Crippen MR) is 116 cm³/mol. The van der Waals surface area contributed by atoms with Crippen LogP contribution in [0, 0.1) is 5.82 Å². The first kappa shape index (κ1) is 23.3. The van der Waals surface area contributed by atoms with Crippen molar-refractivity contribution < 1.29 is 12.8 Å². The third kappa shape index (κ3) is 6.43. The second-order valence-electron chi connectivity index (χ2n) is 5.80. The Morgan fingerprint density at radius 1 is 1.07 bits per heavy atom. The number of hydrogen-bond acceptors (Lipinski definition) is 3. The minimum Gasteiger partial charge on any atom is -0.352 e. The van der Waals surface area contributed by atoms with Crippen molar-refractivity contribution in [3.8, 4) is 0 Å². The second-order valence-corrected chi connectivity index (χ2v) is 7.92. The van der Waals surface area contributed by atoms with Gasteiger partial charge in [-0.15, -0.1) is 24.0 Å². The van der Waals surface area contributed by atoms with E-state index in [1.165, 1.54) is 30.5 Å². The van der Waals surface area contributed by atoms with Gasteiger partial charge in [0.05, 0.1) is 4.90 Å². The van der Waals surface area contributed by atoms with Gasteiger partial charge in [0.15, 0.2) is 5.96 Å². The van der Waals surface area contributed by atoms with Crippen LogP contribution in [0.25, 0.3) is 0 Å². The summed E-state index contributed by atoms with van der Waals surface area (Å²) in [5.74, 6) is 0.196. The smallest absolute Gasteiger partial charge is 0.242 e. The van der Waals surface area contributed by atoms with Crippen molar-refractivity contribution >= 4 is 40.0 Å². The van der Waals surface area contributed by atoms with Gasteiger partial charge >= 0.3 is 0 Å². The molecule has 27 heavy (non-hydrogen) atoms. The Labute approximate surface area is 177 Å². The first-order valence-electron chi connectivity index (χ1n) is 8.04. The fraction of sp³-hybridized carbons (Fsp3) is 0.278. The van der Waals surface area contributed by atoms with Gasteiger partial charge in [0.1, 0.15) is 5.82 Å². The Balaban J connectivity index is 0.00000364. The first-order valence-corrected chi connectivity index (χ1v) is 9.48. The number of hydrogen-bond donors (Lipinski definition) is 2. The predicted octanol–water partition coefficient (Wildman–Crippen LogP) is 2.56. The summed E-state index contributed by atoms with van der Waals surface area (Å²) in [6.07, 6.45) is 0. The van der Waals surface area contributed by atoms with Gasteiger partial charge in [-0.2, -0.15) is 0 Å². The SMILES string of the molecule is CN=C(NCc1cccc(F)c1)NCc1ccccc1S(=O)(=O)N(C)C.I. The van der Waals surface area contributed by atoms with Crippen molar-refractivity contribution in [1.29, 1.82) is 0 Å². The average Bonchev–Trinajstić information content (AvgIpc) is 2.62. The van der Waals surface area contributed by atoms with Gasteiger partial charge in [0.2, 0.25) is 10.0 Å². The highest BCUT2D eigenvalue weighted by molar-refractivity contribution is 14.0. The normalized spacial score (nSPS) is 11.8. The third-order valence-electron chi connectivity index (χ3n) is 3.75. The maximum Gasteiger partial charge on any atom is 0.242 e. The van der Waals surface area contributed by atoms with E-state index in [1.54, 1.807) is 37.4 Å². The number of benzene rings is 2. The topological polar surface area (TPSA) is 73.8 Å². The molecule has 0 atom stereocenters. The van der Waals surface area contributed by atoms with E-state index in [9.17, 15) is 12.8 Å². The number of nitrogens with zero attached hydrogens (tertiary/aromatic N) is 2. The molecular weight excluding hydrogens is 482 g/mol. The lowest BCUT2D eigenvalue weighted by molar-refractivity contribution is 0.519. The molecule has 0 radical (unpaired) electrons. The maximum atomic E-state index is 13.2. The lowest BCUT2D eigenvalue weighted by Crippen LogP contribution is -2.36. The Morgan fingerprint density at radius 3 is 2.37 bits per heavy atom. The summed E-state index contributed by atoms with van der Waals surface area (Å²) >= 11 is 0. The summed E-state index contributed by atoms with van der Waals surface area (Å²) in [6.45, 7) is 0.682. The van der Waals surface area contributed by atoms with Crippen LogP contribution in [-0.4, -0.2) is 39.8 Å². The lowest BCUT2D eigenvalue weighted by Gasteiger charge is -2.17.